The lowest BCUT2D eigenvalue weighted by Gasteiger charge is -2.32. The second-order valence-corrected chi connectivity index (χ2v) is 6.90. The molecule has 126 valence electrons. The minimum Gasteiger partial charge on any atom is -0.480 e. The number of aromatic nitrogens is 2. The topological polar surface area (TPSA) is 105 Å². The summed E-state index contributed by atoms with van der Waals surface area (Å²) in [7, 11) is -1.94. The monoisotopic (exact) mass is 352 g/mol. The van der Waals surface area contributed by atoms with Crippen molar-refractivity contribution in [2.45, 2.75) is 30.2 Å². The first-order valence-corrected chi connectivity index (χ1v) is 8.33. The van der Waals surface area contributed by atoms with Gasteiger partial charge >= 0.3 is 5.97 Å². The van der Waals surface area contributed by atoms with Crippen molar-refractivity contribution < 1.29 is 18.3 Å². The molecule has 0 aliphatic carbocycles. The zero-order valence-electron chi connectivity index (χ0n) is 12.3. The molecule has 2 N–H and O–H groups in total. The van der Waals surface area contributed by atoms with Crippen LogP contribution in [0.2, 0.25) is 0 Å². The van der Waals surface area contributed by atoms with Crippen LogP contribution < -0.4 is 4.72 Å². The number of hydrogen-bond donors (Lipinski definition) is 2. The van der Waals surface area contributed by atoms with Crippen LogP contribution in [-0.2, 0) is 21.9 Å². The molecule has 1 aliphatic heterocycles. The fourth-order valence-corrected chi connectivity index (χ4v) is 3.49. The van der Waals surface area contributed by atoms with Crippen LogP contribution in [0.3, 0.4) is 0 Å². The van der Waals surface area contributed by atoms with Crippen molar-refractivity contribution in [2.75, 3.05) is 19.6 Å². The van der Waals surface area contributed by atoms with Crippen LogP contribution in [0.1, 0.15) is 19.3 Å². The molecule has 0 amide bonds. The van der Waals surface area contributed by atoms with E-state index in [-0.39, 0.29) is 23.8 Å². The Morgan fingerprint density at radius 3 is 2.82 bits per heavy atom. The fraction of sp³-hybridized carbons (Fsp3) is 0.667. The predicted molar refractivity (Wildman–Crippen MR) is 82.5 cm³/mol. The summed E-state index contributed by atoms with van der Waals surface area (Å²) in [6, 6.07) is -0.512. The van der Waals surface area contributed by atoms with Crippen molar-refractivity contribution in [3.8, 4) is 0 Å². The summed E-state index contributed by atoms with van der Waals surface area (Å²) in [5.41, 5.74) is 0. The standard InChI is InChI=1S/C12H20N4O4S.ClH/c1-15-9-10(8-13-15)21(19,20)14-5-7-16-6-3-2-4-11(16)12(17)18;/h8-9,11,14H,2-7H2,1H3,(H,17,18);1H. The molecule has 1 aromatic heterocycles. The Labute approximate surface area is 135 Å². The van der Waals surface area contributed by atoms with E-state index >= 15 is 0 Å². The number of sulfonamides is 1. The first-order chi connectivity index (χ1) is 9.90. The van der Waals surface area contributed by atoms with Gasteiger partial charge in [0.25, 0.3) is 0 Å². The quantitative estimate of drug-likeness (QED) is 0.750. The van der Waals surface area contributed by atoms with Crippen molar-refractivity contribution >= 4 is 28.4 Å². The van der Waals surface area contributed by atoms with E-state index in [9.17, 15) is 13.2 Å². The number of nitrogens with zero attached hydrogens (tertiary/aromatic N) is 3. The summed E-state index contributed by atoms with van der Waals surface area (Å²) >= 11 is 0. The lowest BCUT2D eigenvalue weighted by atomic mass is 10.0. The smallest absolute Gasteiger partial charge is 0.320 e. The number of carboxylic acids is 1. The van der Waals surface area contributed by atoms with Gasteiger partial charge in [0.2, 0.25) is 10.0 Å². The number of likely N-dealkylation sites (tertiary alicyclic amines) is 1. The Hall–Kier alpha value is -1.16. The maximum atomic E-state index is 12.0. The molecule has 1 saturated heterocycles. The van der Waals surface area contributed by atoms with Crippen molar-refractivity contribution in [1.82, 2.24) is 19.4 Å². The van der Waals surface area contributed by atoms with Gasteiger partial charge in [-0.1, -0.05) is 6.42 Å². The summed E-state index contributed by atoms with van der Waals surface area (Å²) in [5.74, 6) is -0.843. The largest absolute Gasteiger partial charge is 0.480 e. The molecule has 1 fully saturated rings. The van der Waals surface area contributed by atoms with Gasteiger partial charge in [0, 0.05) is 26.3 Å². The summed E-state index contributed by atoms with van der Waals surface area (Å²) in [4.78, 5) is 13.1. The molecule has 0 radical (unpaired) electrons. The van der Waals surface area contributed by atoms with Gasteiger partial charge in [-0.2, -0.15) is 5.10 Å². The molecule has 2 rings (SSSR count). The van der Waals surface area contributed by atoms with Crippen LogP contribution in [0, 0.1) is 0 Å². The lowest BCUT2D eigenvalue weighted by molar-refractivity contribution is -0.144. The van der Waals surface area contributed by atoms with Gasteiger partial charge < -0.3 is 5.11 Å². The minimum atomic E-state index is -3.59. The van der Waals surface area contributed by atoms with E-state index in [4.69, 9.17) is 5.11 Å². The Morgan fingerprint density at radius 1 is 1.50 bits per heavy atom. The maximum absolute atomic E-state index is 12.0. The first-order valence-electron chi connectivity index (χ1n) is 6.85. The van der Waals surface area contributed by atoms with Crippen LogP contribution in [0.4, 0.5) is 0 Å². The van der Waals surface area contributed by atoms with E-state index < -0.39 is 22.0 Å². The summed E-state index contributed by atoms with van der Waals surface area (Å²) in [5, 5.41) is 13.0. The first kappa shape index (κ1) is 18.9. The van der Waals surface area contributed by atoms with Crippen molar-refractivity contribution in [3.05, 3.63) is 12.4 Å². The number of carbonyl (C=O) groups is 1. The maximum Gasteiger partial charge on any atom is 0.320 e. The highest BCUT2D eigenvalue weighted by Gasteiger charge is 2.28. The lowest BCUT2D eigenvalue weighted by Crippen LogP contribution is -2.47. The molecule has 0 saturated carbocycles. The molecule has 1 aromatic rings. The van der Waals surface area contributed by atoms with Crippen LogP contribution >= 0.6 is 12.4 Å². The number of rotatable bonds is 6. The summed E-state index contributed by atoms with van der Waals surface area (Å²) in [6.07, 6.45) is 5.16. The van der Waals surface area contributed by atoms with E-state index in [0.29, 0.717) is 19.5 Å². The molecule has 0 aromatic carbocycles. The van der Waals surface area contributed by atoms with E-state index in [0.717, 1.165) is 12.8 Å². The Morgan fingerprint density at radius 2 is 2.23 bits per heavy atom. The average Bonchev–Trinajstić information content (AvgIpc) is 2.86. The van der Waals surface area contributed by atoms with Crippen molar-refractivity contribution in [1.29, 1.82) is 0 Å². The molecule has 10 heteroatoms. The third-order valence-corrected chi connectivity index (χ3v) is 5.00. The Bertz CT molecular complexity index is 604. The number of nitrogens with one attached hydrogen (secondary N) is 1. The number of aliphatic carboxylic acids is 1. The van der Waals surface area contributed by atoms with Gasteiger partial charge in [0.1, 0.15) is 10.9 Å². The van der Waals surface area contributed by atoms with Crippen molar-refractivity contribution in [3.63, 3.8) is 0 Å². The molecular formula is C12H21ClN4O4S. The highest BCUT2D eigenvalue weighted by Crippen LogP contribution is 2.16. The number of halogens is 1. The minimum absolute atomic E-state index is 0. The molecule has 0 bridgehead atoms. The molecule has 0 spiro atoms. The highest BCUT2D eigenvalue weighted by atomic mass is 35.5. The third kappa shape index (κ3) is 4.67. The van der Waals surface area contributed by atoms with E-state index in [1.54, 1.807) is 7.05 Å². The molecule has 1 aliphatic rings. The Balaban J connectivity index is 0.00000242. The normalized spacial score (nSPS) is 19.6. The van der Waals surface area contributed by atoms with Gasteiger partial charge in [0.05, 0.1) is 6.20 Å². The average molecular weight is 353 g/mol. The van der Waals surface area contributed by atoms with Gasteiger partial charge in [0.15, 0.2) is 0 Å². The predicted octanol–water partition coefficient (Wildman–Crippen LogP) is 0.0593. The molecular weight excluding hydrogens is 332 g/mol. The van der Waals surface area contributed by atoms with Crippen LogP contribution in [0.25, 0.3) is 0 Å². The van der Waals surface area contributed by atoms with Crippen LogP contribution in [0.15, 0.2) is 17.3 Å². The Kier molecular flexibility index (Phi) is 6.79. The van der Waals surface area contributed by atoms with Gasteiger partial charge in [-0.15, -0.1) is 12.4 Å². The second kappa shape index (κ2) is 7.91. The zero-order chi connectivity index (χ0) is 15.5. The van der Waals surface area contributed by atoms with Crippen LogP contribution in [-0.4, -0.2) is 59.9 Å². The van der Waals surface area contributed by atoms with Gasteiger partial charge in [-0.25, -0.2) is 13.1 Å². The van der Waals surface area contributed by atoms with Crippen molar-refractivity contribution in [2.24, 2.45) is 7.05 Å². The number of aryl methyl sites for hydroxylation is 1. The van der Waals surface area contributed by atoms with Crippen LogP contribution in [0.5, 0.6) is 0 Å². The number of piperidine rings is 1. The molecule has 22 heavy (non-hydrogen) atoms. The van der Waals surface area contributed by atoms with E-state index in [1.165, 1.54) is 17.1 Å². The van der Waals surface area contributed by atoms with Gasteiger partial charge in [-0.05, 0) is 19.4 Å². The SMILES string of the molecule is Cl.Cn1cc(S(=O)(=O)NCCN2CCCCC2C(=O)O)cn1. The molecule has 1 atom stereocenters. The van der Waals surface area contributed by atoms with Gasteiger partial charge in [-0.3, -0.25) is 14.4 Å². The molecule has 1 unspecified atom stereocenters. The number of carboxylic acid groups (broad SMARTS) is 1. The third-order valence-electron chi connectivity index (χ3n) is 3.58. The molecule has 2 heterocycles. The summed E-state index contributed by atoms with van der Waals surface area (Å²) < 4.78 is 27.9. The fourth-order valence-electron chi connectivity index (χ4n) is 2.48. The van der Waals surface area contributed by atoms with E-state index in [1.807, 2.05) is 4.90 Å². The molecule has 8 nitrogen and oxygen atoms in total. The zero-order valence-corrected chi connectivity index (χ0v) is 13.9. The number of hydrogen-bond acceptors (Lipinski definition) is 5. The summed E-state index contributed by atoms with van der Waals surface area (Å²) in [6.45, 7) is 1.25. The highest BCUT2D eigenvalue weighted by molar-refractivity contribution is 7.89. The van der Waals surface area contributed by atoms with E-state index in [2.05, 4.69) is 9.82 Å². The second-order valence-electron chi connectivity index (χ2n) is 5.13.